The molecule has 10 nitrogen and oxygen atoms in total. The Morgan fingerprint density at radius 1 is 1.15 bits per heavy atom. The highest BCUT2D eigenvalue weighted by Crippen LogP contribution is 2.28. The van der Waals surface area contributed by atoms with Gasteiger partial charge in [0.2, 0.25) is 27.8 Å². The second kappa shape index (κ2) is 9.71. The fourth-order valence-electron chi connectivity index (χ4n) is 3.53. The first-order chi connectivity index (χ1) is 15.8. The van der Waals surface area contributed by atoms with Gasteiger partial charge in [0.05, 0.1) is 19.1 Å². The van der Waals surface area contributed by atoms with Crippen molar-refractivity contribution in [2.45, 2.75) is 12.8 Å². The van der Waals surface area contributed by atoms with Gasteiger partial charge in [0.25, 0.3) is 0 Å². The number of hydrogen-bond donors (Lipinski definition) is 2. The van der Waals surface area contributed by atoms with E-state index in [1.165, 1.54) is 11.3 Å². The van der Waals surface area contributed by atoms with E-state index in [0.29, 0.717) is 54.3 Å². The maximum atomic E-state index is 12.8. The van der Waals surface area contributed by atoms with Crippen molar-refractivity contribution in [3.8, 4) is 17.1 Å². The van der Waals surface area contributed by atoms with Gasteiger partial charge in [-0.1, -0.05) is 12.1 Å². The molecule has 4 rings (SSSR count). The second-order valence-corrected chi connectivity index (χ2v) is 10.2. The summed E-state index contributed by atoms with van der Waals surface area (Å²) in [7, 11) is -1.76. The van der Waals surface area contributed by atoms with Crippen LogP contribution in [0.15, 0.2) is 41.9 Å². The van der Waals surface area contributed by atoms with E-state index in [4.69, 9.17) is 4.74 Å². The van der Waals surface area contributed by atoms with Crippen molar-refractivity contribution in [1.82, 2.24) is 15.0 Å². The predicted octanol–water partition coefficient (Wildman–Crippen LogP) is 2.84. The molecular weight excluding hydrogens is 464 g/mol. The van der Waals surface area contributed by atoms with E-state index in [9.17, 15) is 13.2 Å². The van der Waals surface area contributed by atoms with Crippen LogP contribution in [0, 0.1) is 5.92 Å². The zero-order valence-corrected chi connectivity index (χ0v) is 19.8. The Labute approximate surface area is 196 Å². The fourth-order valence-corrected chi connectivity index (χ4v) is 4.82. The molecule has 0 aliphatic carbocycles. The van der Waals surface area contributed by atoms with Crippen molar-refractivity contribution in [3.63, 3.8) is 0 Å². The maximum absolute atomic E-state index is 12.8. The number of hydrogen-bond acceptors (Lipinski definition) is 9. The molecule has 1 saturated heterocycles. The number of anilines is 3. The number of carbonyl (C=O) groups excluding carboxylic acids is 1. The number of rotatable bonds is 7. The van der Waals surface area contributed by atoms with Crippen LogP contribution in [0.4, 0.5) is 16.8 Å². The summed E-state index contributed by atoms with van der Waals surface area (Å²) in [4.78, 5) is 28.0. The number of piperidine rings is 1. The summed E-state index contributed by atoms with van der Waals surface area (Å²) in [5.41, 5.74) is 2.03. The normalized spacial score (nSPS) is 14.7. The number of nitrogens with zero attached hydrogens (tertiary/aromatic N) is 4. The molecule has 12 heteroatoms. The first-order valence-corrected chi connectivity index (χ1v) is 13.0. The number of ether oxygens (including phenoxy) is 1. The average molecular weight is 489 g/mol. The van der Waals surface area contributed by atoms with Crippen molar-refractivity contribution >= 4 is 44.0 Å². The van der Waals surface area contributed by atoms with Crippen LogP contribution in [0.1, 0.15) is 12.8 Å². The van der Waals surface area contributed by atoms with Gasteiger partial charge in [-0.2, -0.15) is 4.98 Å². The topological polar surface area (TPSA) is 126 Å². The lowest BCUT2D eigenvalue weighted by Gasteiger charge is -2.31. The van der Waals surface area contributed by atoms with Crippen molar-refractivity contribution < 1.29 is 17.9 Å². The zero-order valence-electron chi connectivity index (χ0n) is 18.2. The highest BCUT2D eigenvalue weighted by Gasteiger charge is 2.27. The number of aromatic nitrogens is 3. The van der Waals surface area contributed by atoms with E-state index in [1.807, 2.05) is 5.38 Å². The van der Waals surface area contributed by atoms with Crippen molar-refractivity contribution in [1.29, 1.82) is 0 Å². The van der Waals surface area contributed by atoms with Gasteiger partial charge in [-0.05, 0) is 25.0 Å². The van der Waals surface area contributed by atoms with E-state index in [-0.39, 0.29) is 11.8 Å². The fraction of sp³-hybridized carbons (Fsp3) is 0.333. The molecule has 1 aliphatic rings. The molecule has 33 heavy (non-hydrogen) atoms. The van der Waals surface area contributed by atoms with E-state index in [0.717, 1.165) is 11.8 Å². The van der Waals surface area contributed by atoms with E-state index >= 15 is 0 Å². The van der Waals surface area contributed by atoms with Crippen LogP contribution in [-0.4, -0.2) is 55.7 Å². The summed E-state index contributed by atoms with van der Waals surface area (Å²) < 4.78 is 30.2. The number of thiazole rings is 1. The van der Waals surface area contributed by atoms with Crippen molar-refractivity contribution in [2.75, 3.05) is 41.4 Å². The molecule has 174 valence electrons. The van der Waals surface area contributed by atoms with E-state index in [1.54, 1.807) is 43.6 Å². The molecule has 0 radical (unpaired) electrons. The van der Waals surface area contributed by atoms with Crippen LogP contribution < -0.4 is 19.7 Å². The quantitative estimate of drug-likeness (QED) is 0.520. The van der Waals surface area contributed by atoms with Crippen LogP contribution in [0.3, 0.4) is 0 Å². The summed E-state index contributed by atoms with van der Waals surface area (Å²) in [6.45, 7) is 1.37. The average Bonchev–Trinajstić information content (AvgIpc) is 3.27. The summed E-state index contributed by atoms with van der Waals surface area (Å²) in [6.07, 6.45) is 4.15. The van der Waals surface area contributed by atoms with Gasteiger partial charge in [0.15, 0.2) is 5.13 Å². The van der Waals surface area contributed by atoms with Gasteiger partial charge in [0, 0.05) is 47.9 Å². The molecule has 3 aromatic rings. The summed E-state index contributed by atoms with van der Waals surface area (Å²) in [5.74, 6) is 0.964. The second-order valence-electron chi connectivity index (χ2n) is 7.64. The van der Waals surface area contributed by atoms with Crippen molar-refractivity contribution in [3.05, 3.63) is 41.9 Å². The molecule has 1 amide bonds. The molecule has 1 aromatic carbocycles. The molecule has 0 spiro atoms. The predicted molar refractivity (Wildman–Crippen MR) is 128 cm³/mol. The largest absolute Gasteiger partial charge is 0.481 e. The van der Waals surface area contributed by atoms with Gasteiger partial charge in [-0.25, -0.2) is 18.4 Å². The summed E-state index contributed by atoms with van der Waals surface area (Å²) >= 11 is 1.35. The van der Waals surface area contributed by atoms with Gasteiger partial charge in [-0.3, -0.25) is 9.52 Å². The lowest BCUT2D eigenvalue weighted by atomic mass is 9.96. The number of sulfonamides is 1. The Morgan fingerprint density at radius 3 is 2.55 bits per heavy atom. The maximum Gasteiger partial charge on any atom is 0.229 e. The Kier molecular flexibility index (Phi) is 6.75. The summed E-state index contributed by atoms with van der Waals surface area (Å²) in [5, 5.41) is 5.32. The molecule has 2 aromatic heterocycles. The third kappa shape index (κ3) is 5.96. The smallest absolute Gasteiger partial charge is 0.229 e. The number of carbonyl (C=O) groups is 1. The Balaban J connectivity index is 1.32. The van der Waals surface area contributed by atoms with Crippen LogP contribution >= 0.6 is 11.3 Å². The lowest BCUT2D eigenvalue weighted by Crippen LogP contribution is -2.39. The number of methoxy groups -OCH3 is 1. The minimum atomic E-state index is -3.32. The Morgan fingerprint density at radius 2 is 1.88 bits per heavy atom. The number of amides is 1. The minimum absolute atomic E-state index is 0.0465. The van der Waals surface area contributed by atoms with Crippen LogP contribution in [0.5, 0.6) is 5.88 Å². The van der Waals surface area contributed by atoms with Crippen LogP contribution in [0.2, 0.25) is 0 Å². The SMILES string of the molecule is COc1ccnc(N2CCC(C(=O)Nc3nc(-c4ccc(NS(C)(=O)=O)cc4)cs3)CC2)n1. The number of nitrogens with one attached hydrogen (secondary N) is 2. The molecule has 3 heterocycles. The van der Waals surface area contributed by atoms with E-state index in [2.05, 4.69) is 29.9 Å². The summed E-state index contributed by atoms with van der Waals surface area (Å²) in [6, 6.07) is 8.61. The monoisotopic (exact) mass is 488 g/mol. The molecule has 1 fully saturated rings. The molecular formula is C21H24N6O4S2. The van der Waals surface area contributed by atoms with Crippen LogP contribution in [-0.2, 0) is 14.8 Å². The molecule has 1 aliphatic heterocycles. The van der Waals surface area contributed by atoms with Gasteiger partial charge >= 0.3 is 0 Å². The van der Waals surface area contributed by atoms with E-state index < -0.39 is 10.0 Å². The third-order valence-electron chi connectivity index (χ3n) is 5.19. The first-order valence-electron chi connectivity index (χ1n) is 10.3. The standard InChI is InChI=1S/C21H24N6O4S2/c1-31-18-7-10-22-20(24-18)27-11-8-15(9-12-27)19(28)25-21-23-17(13-32-21)14-3-5-16(6-4-14)26-33(2,29)30/h3-7,10,13,15,26H,8-9,11-12H2,1-2H3,(H,23,25,28). The van der Waals surface area contributed by atoms with Crippen LogP contribution in [0.25, 0.3) is 11.3 Å². The lowest BCUT2D eigenvalue weighted by molar-refractivity contribution is -0.120. The van der Waals surface area contributed by atoms with Gasteiger partial charge < -0.3 is 15.0 Å². The Hall–Kier alpha value is -3.25. The molecule has 2 N–H and O–H groups in total. The highest BCUT2D eigenvalue weighted by molar-refractivity contribution is 7.92. The Bertz CT molecular complexity index is 1220. The van der Waals surface area contributed by atoms with Gasteiger partial charge in [-0.15, -0.1) is 11.3 Å². The van der Waals surface area contributed by atoms with Gasteiger partial charge in [0.1, 0.15) is 0 Å². The van der Waals surface area contributed by atoms with Crippen molar-refractivity contribution in [2.24, 2.45) is 5.92 Å². The molecule has 0 unspecified atom stereocenters. The molecule has 0 saturated carbocycles. The first kappa shape index (κ1) is 22.9. The zero-order chi connectivity index (χ0) is 23.4. The molecule has 0 atom stereocenters. The third-order valence-corrected chi connectivity index (χ3v) is 6.56. The number of benzene rings is 1. The highest BCUT2D eigenvalue weighted by atomic mass is 32.2. The molecule has 0 bridgehead atoms. The minimum Gasteiger partial charge on any atom is -0.481 e.